The first-order valence-corrected chi connectivity index (χ1v) is 8.71. The Hall–Kier alpha value is -3.64. The lowest BCUT2D eigenvalue weighted by atomic mass is 10.2. The highest BCUT2D eigenvalue weighted by Gasteiger charge is 2.12. The Balaban J connectivity index is 1.55. The summed E-state index contributed by atoms with van der Waals surface area (Å²) in [6.45, 7) is 0. The van der Waals surface area contributed by atoms with Crippen molar-refractivity contribution < 1.29 is 14.3 Å². The van der Waals surface area contributed by atoms with Crippen LogP contribution in [0.1, 0.15) is 5.56 Å². The molecular formula is C21H16ClN3O3. The molecule has 0 saturated heterocycles. The Morgan fingerprint density at radius 2 is 1.57 bits per heavy atom. The van der Waals surface area contributed by atoms with Crippen LogP contribution in [0.15, 0.2) is 84.0 Å². The third-order valence-corrected chi connectivity index (χ3v) is 3.78. The largest absolute Gasteiger partial charge is 0.457 e. The summed E-state index contributed by atoms with van der Waals surface area (Å²) in [5.74, 6) is -0.380. The molecule has 0 fully saturated rings. The van der Waals surface area contributed by atoms with Gasteiger partial charge in [0.05, 0.1) is 6.21 Å². The number of hydrazone groups is 1. The standard InChI is InChI=1S/C21H16ClN3O3/c22-16-9-11-17(12-10-16)24-20(26)21(27)25-23-14-15-5-4-8-19(13-15)28-18-6-2-1-3-7-18/h1-14H,(H,24,26)(H,25,27)/b23-14+. The van der Waals surface area contributed by atoms with Gasteiger partial charge < -0.3 is 10.1 Å². The lowest BCUT2D eigenvalue weighted by Gasteiger charge is -2.06. The predicted molar refractivity (Wildman–Crippen MR) is 109 cm³/mol. The van der Waals surface area contributed by atoms with Gasteiger partial charge in [-0.05, 0) is 54.1 Å². The minimum absolute atomic E-state index is 0.458. The van der Waals surface area contributed by atoms with Crippen molar-refractivity contribution in [1.29, 1.82) is 0 Å². The highest BCUT2D eigenvalue weighted by molar-refractivity contribution is 6.39. The molecule has 2 N–H and O–H groups in total. The molecule has 28 heavy (non-hydrogen) atoms. The first-order valence-electron chi connectivity index (χ1n) is 8.33. The number of carbonyl (C=O) groups is 2. The van der Waals surface area contributed by atoms with E-state index in [2.05, 4.69) is 15.8 Å². The van der Waals surface area contributed by atoms with Crippen LogP contribution in [-0.2, 0) is 9.59 Å². The molecule has 2 amide bonds. The number of ether oxygens (including phenoxy) is 1. The van der Waals surface area contributed by atoms with Gasteiger partial charge in [-0.25, -0.2) is 5.43 Å². The summed E-state index contributed by atoms with van der Waals surface area (Å²) >= 11 is 5.77. The van der Waals surface area contributed by atoms with Gasteiger partial charge in [0.1, 0.15) is 11.5 Å². The maximum Gasteiger partial charge on any atom is 0.329 e. The number of hydrogen-bond acceptors (Lipinski definition) is 4. The van der Waals surface area contributed by atoms with E-state index in [1.54, 1.807) is 42.5 Å². The van der Waals surface area contributed by atoms with Crippen molar-refractivity contribution in [2.24, 2.45) is 5.10 Å². The molecular weight excluding hydrogens is 378 g/mol. The topological polar surface area (TPSA) is 79.8 Å². The van der Waals surface area contributed by atoms with E-state index in [1.807, 2.05) is 36.4 Å². The fourth-order valence-corrected chi connectivity index (χ4v) is 2.35. The van der Waals surface area contributed by atoms with Gasteiger partial charge in [-0.15, -0.1) is 0 Å². The molecule has 0 aliphatic rings. The van der Waals surface area contributed by atoms with Crippen LogP contribution in [0, 0.1) is 0 Å². The van der Waals surface area contributed by atoms with Crippen molar-refractivity contribution in [3.8, 4) is 11.5 Å². The quantitative estimate of drug-likeness (QED) is 0.387. The zero-order valence-corrected chi connectivity index (χ0v) is 15.4. The Labute approximate surface area is 166 Å². The average molecular weight is 394 g/mol. The fourth-order valence-electron chi connectivity index (χ4n) is 2.22. The van der Waals surface area contributed by atoms with Crippen molar-refractivity contribution in [3.63, 3.8) is 0 Å². The number of halogens is 1. The van der Waals surface area contributed by atoms with Gasteiger partial charge in [-0.3, -0.25) is 9.59 Å². The van der Waals surface area contributed by atoms with Gasteiger partial charge in [0, 0.05) is 10.7 Å². The van der Waals surface area contributed by atoms with Crippen LogP contribution in [0.3, 0.4) is 0 Å². The van der Waals surface area contributed by atoms with E-state index in [0.29, 0.717) is 27.8 Å². The van der Waals surface area contributed by atoms with E-state index in [0.717, 1.165) is 0 Å². The SMILES string of the molecule is O=C(N/N=C/c1cccc(Oc2ccccc2)c1)C(=O)Nc1ccc(Cl)cc1. The second-order valence-electron chi connectivity index (χ2n) is 5.65. The number of anilines is 1. The highest BCUT2D eigenvalue weighted by Crippen LogP contribution is 2.21. The molecule has 0 spiro atoms. The number of benzene rings is 3. The van der Waals surface area contributed by atoms with Crippen LogP contribution in [0.2, 0.25) is 5.02 Å². The second kappa shape index (κ2) is 9.34. The van der Waals surface area contributed by atoms with Gasteiger partial charge >= 0.3 is 11.8 Å². The maximum absolute atomic E-state index is 11.8. The average Bonchev–Trinajstić information content (AvgIpc) is 2.71. The number of hydrogen-bond donors (Lipinski definition) is 2. The summed E-state index contributed by atoms with van der Waals surface area (Å²) in [6.07, 6.45) is 1.42. The molecule has 0 aliphatic carbocycles. The molecule has 0 saturated carbocycles. The number of carbonyl (C=O) groups excluding carboxylic acids is 2. The first kappa shape index (κ1) is 19.1. The number of amides is 2. The molecule has 3 rings (SSSR count). The zero-order chi connectivity index (χ0) is 19.8. The molecule has 0 heterocycles. The van der Waals surface area contributed by atoms with Crippen molar-refractivity contribution in [2.45, 2.75) is 0 Å². The van der Waals surface area contributed by atoms with Crippen LogP contribution >= 0.6 is 11.6 Å². The Kier molecular flexibility index (Phi) is 6.38. The summed E-state index contributed by atoms with van der Waals surface area (Å²) in [6, 6.07) is 22.9. The zero-order valence-electron chi connectivity index (χ0n) is 14.6. The molecule has 0 unspecified atom stereocenters. The van der Waals surface area contributed by atoms with Crippen LogP contribution in [-0.4, -0.2) is 18.0 Å². The molecule has 3 aromatic rings. The number of rotatable bonds is 5. The van der Waals surface area contributed by atoms with Crippen molar-refractivity contribution >= 4 is 35.3 Å². The Bertz CT molecular complexity index is 989. The minimum atomic E-state index is -0.886. The fraction of sp³-hybridized carbons (Fsp3) is 0. The van der Waals surface area contributed by atoms with Gasteiger partial charge in [0.25, 0.3) is 0 Å². The molecule has 140 valence electrons. The normalized spacial score (nSPS) is 10.5. The number of nitrogens with zero attached hydrogens (tertiary/aromatic N) is 1. The van der Waals surface area contributed by atoms with Crippen LogP contribution in [0.5, 0.6) is 11.5 Å². The minimum Gasteiger partial charge on any atom is -0.457 e. The Morgan fingerprint density at radius 1 is 0.857 bits per heavy atom. The highest BCUT2D eigenvalue weighted by atomic mass is 35.5. The third-order valence-electron chi connectivity index (χ3n) is 3.53. The number of para-hydroxylation sites is 1. The molecule has 0 atom stereocenters. The molecule has 0 radical (unpaired) electrons. The van der Waals surface area contributed by atoms with Gasteiger partial charge in [0.15, 0.2) is 0 Å². The van der Waals surface area contributed by atoms with E-state index in [-0.39, 0.29) is 0 Å². The monoisotopic (exact) mass is 393 g/mol. The van der Waals surface area contributed by atoms with E-state index >= 15 is 0 Å². The van der Waals surface area contributed by atoms with Crippen LogP contribution in [0.25, 0.3) is 0 Å². The molecule has 6 nitrogen and oxygen atoms in total. The molecule has 0 bridgehead atoms. The third kappa shape index (κ3) is 5.69. The summed E-state index contributed by atoms with van der Waals surface area (Å²) < 4.78 is 5.74. The summed E-state index contributed by atoms with van der Waals surface area (Å²) in [5, 5.41) is 6.79. The molecule has 7 heteroatoms. The number of nitrogens with one attached hydrogen (secondary N) is 2. The molecule has 3 aromatic carbocycles. The summed E-state index contributed by atoms with van der Waals surface area (Å²) in [4.78, 5) is 23.7. The lowest BCUT2D eigenvalue weighted by molar-refractivity contribution is -0.136. The van der Waals surface area contributed by atoms with Gasteiger partial charge in [-0.2, -0.15) is 5.10 Å². The Morgan fingerprint density at radius 3 is 2.32 bits per heavy atom. The van der Waals surface area contributed by atoms with Crippen molar-refractivity contribution in [1.82, 2.24) is 5.43 Å². The van der Waals surface area contributed by atoms with E-state index in [1.165, 1.54) is 6.21 Å². The molecule has 0 aromatic heterocycles. The summed E-state index contributed by atoms with van der Waals surface area (Å²) in [7, 11) is 0. The first-order chi connectivity index (χ1) is 13.6. The molecule has 0 aliphatic heterocycles. The maximum atomic E-state index is 11.8. The van der Waals surface area contributed by atoms with Crippen LogP contribution < -0.4 is 15.5 Å². The van der Waals surface area contributed by atoms with E-state index in [4.69, 9.17) is 16.3 Å². The summed E-state index contributed by atoms with van der Waals surface area (Å²) in [5.41, 5.74) is 3.34. The smallest absolute Gasteiger partial charge is 0.329 e. The van der Waals surface area contributed by atoms with Gasteiger partial charge in [0.2, 0.25) is 0 Å². The van der Waals surface area contributed by atoms with E-state index < -0.39 is 11.8 Å². The predicted octanol–water partition coefficient (Wildman–Crippen LogP) is 4.22. The lowest BCUT2D eigenvalue weighted by Crippen LogP contribution is -2.32. The van der Waals surface area contributed by atoms with Crippen LogP contribution in [0.4, 0.5) is 5.69 Å². The van der Waals surface area contributed by atoms with E-state index in [9.17, 15) is 9.59 Å². The van der Waals surface area contributed by atoms with Crippen molar-refractivity contribution in [3.05, 3.63) is 89.4 Å². The van der Waals surface area contributed by atoms with Crippen molar-refractivity contribution in [2.75, 3.05) is 5.32 Å². The van der Waals surface area contributed by atoms with Gasteiger partial charge in [-0.1, -0.05) is 41.9 Å². The second-order valence-corrected chi connectivity index (χ2v) is 6.08.